The summed E-state index contributed by atoms with van der Waals surface area (Å²) < 4.78 is 5.06. The van der Waals surface area contributed by atoms with Crippen molar-refractivity contribution in [2.75, 3.05) is 12.4 Å². The highest BCUT2D eigenvalue weighted by molar-refractivity contribution is 6.05. The van der Waals surface area contributed by atoms with Gasteiger partial charge in [0.15, 0.2) is 0 Å². The van der Waals surface area contributed by atoms with Gasteiger partial charge in [0, 0.05) is 11.2 Å². The SMILES string of the molecule is COc1ccc(NC(=O)c2cc3ccccc3[nH]c2=O)cc1. The minimum Gasteiger partial charge on any atom is -0.497 e. The van der Waals surface area contributed by atoms with E-state index in [2.05, 4.69) is 10.3 Å². The fourth-order valence-corrected chi connectivity index (χ4v) is 2.19. The van der Waals surface area contributed by atoms with E-state index in [-0.39, 0.29) is 5.56 Å². The molecule has 0 fully saturated rings. The van der Waals surface area contributed by atoms with E-state index in [0.717, 1.165) is 5.39 Å². The molecule has 0 aliphatic carbocycles. The van der Waals surface area contributed by atoms with E-state index >= 15 is 0 Å². The quantitative estimate of drug-likeness (QED) is 0.780. The van der Waals surface area contributed by atoms with Crippen molar-refractivity contribution in [2.24, 2.45) is 0 Å². The van der Waals surface area contributed by atoms with E-state index in [1.54, 1.807) is 43.5 Å². The van der Waals surface area contributed by atoms with Gasteiger partial charge < -0.3 is 15.0 Å². The average Bonchev–Trinajstić information content (AvgIpc) is 2.54. The van der Waals surface area contributed by atoms with Gasteiger partial charge in [0.25, 0.3) is 11.5 Å². The molecule has 0 bridgehead atoms. The Labute approximate surface area is 126 Å². The molecular formula is C17H14N2O3. The van der Waals surface area contributed by atoms with Crippen LogP contribution in [0.25, 0.3) is 10.9 Å². The first kappa shape index (κ1) is 13.9. The number of benzene rings is 2. The van der Waals surface area contributed by atoms with Gasteiger partial charge in [0.1, 0.15) is 11.3 Å². The zero-order valence-electron chi connectivity index (χ0n) is 11.9. The van der Waals surface area contributed by atoms with Gasteiger partial charge in [0.2, 0.25) is 0 Å². The summed E-state index contributed by atoms with van der Waals surface area (Å²) >= 11 is 0. The number of aromatic nitrogens is 1. The van der Waals surface area contributed by atoms with Crippen molar-refractivity contribution in [3.05, 3.63) is 70.5 Å². The number of para-hydroxylation sites is 1. The van der Waals surface area contributed by atoms with Crippen LogP contribution < -0.4 is 15.6 Å². The van der Waals surface area contributed by atoms with Crippen LogP contribution in [-0.4, -0.2) is 18.0 Å². The number of H-pyrrole nitrogens is 1. The molecule has 0 aliphatic rings. The van der Waals surface area contributed by atoms with Crippen LogP contribution in [0.5, 0.6) is 5.75 Å². The molecule has 0 saturated carbocycles. The maximum Gasteiger partial charge on any atom is 0.261 e. The fourth-order valence-electron chi connectivity index (χ4n) is 2.19. The number of methoxy groups -OCH3 is 1. The van der Waals surface area contributed by atoms with Crippen LogP contribution in [0.2, 0.25) is 0 Å². The Balaban J connectivity index is 1.91. The lowest BCUT2D eigenvalue weighted by atomic mass is 10.1. The second-order valence-electron chi connectivity index (χ2n) is 4.78. The molecule has 5 heteroatoms. The molecule has 0 atom stereocenters. The number of carbonyl (C=O) groups excluding carboxylic acids is 1. The highest BCUT2D eigenvalue weighted by Gasteiger charge is 2.12. The number of fused-ring (bicyclic) bond motifs is 1. The number of hydrogen-bond acceptors (Lipinski definition) is 3. The van der Waals surface area contributed by atoms with E-state index in [9.17, 15) is 9.59 Å². The highest BCUT2D eigenvalue weighted by Crippen LogP contribution is 2.16. The van der Waals surface area contributed by atoms with Crippen molar-refractivity contribution in [3.8, 4) is 5.75 Å². The van der Waals surface area contributed by atoms with Gasteiger partial charge in [0.05, 0.1) is 7.11 Å². The van der Waals surface area contributed by atoms with E-state index in [0.29, 0.717) is 17.0 Å². The van der Waals surface area contributed by atoms with Crippen LogP contribution in [-0.2, 0) is 0 Å². The zero-order valence-corrected chi connectivity index (χ0v) is 11.9. The largest absolute Gasteiger partial charge is 0.497 e. The Kier molecular flexibility index (Phi) is 3.62. The molecule has 0 saturated heterocycles. The van der Waals surface area contributed by atoms with Crippen LogP contribution in [0.1, 0.15) is 10.4 Å². The third-order valence-electron chi connectivity index (χ3n) is 3.35. The molecule has 1 heterocycles. The maximum atomic E-state index is 12.3. The molecule has 2 aromatic carbocycles. The van der Waals surface area contributed by atoms with Crippen LogP contribution >= 0.6 is 0 Å². The number of amides is 1. The van der Waals surface area contributed by atoms with Crippen molar-refractivity contribution in [1.29, 1.82) is 0 Å². The van der Waals surface area contributed by atoms with Crippen molar-refractivity contribution in [2.45, 2.75) is 0 Å². The van der Waals surface area contributed by atoms with Gasteiger partial charge in [-0.15, -0.1) is 0 Å². The molecular weight excluding hydrogens is 280 g/mol. The summed E-state index contributed by atoms with van der Waals surface area (Å²) in [6, 6.07) is 15.8. The summed E-state index contributed by atoms with van der Waals surface area (Å²) in [6.07, 6.45) is 0. The number of hydrogen-bond donors (Lipinski definition) is 2. The first-order valence-corrected chi connectivity index (χ1v) is 6.75. The monoisotopic (exact) mass is 294 g/mol. The highest BCUT2D eigenvalue weighted by atomic mass is 16.5. The topological polar surface area (TPSA) is 71.2 Å². The number of ether oxygens (including phenoxy) is 1. The number of nitrogens with one attached hydrogen (secondary N) is 2. The van der Waals surface area contributed by atoms with Gasteiger partial charge in [-0.25, -0.2) is 0 Å². The number of aromatic amines is 1. The Morgan fingerprint density at radius 3 is 2.55 bits per heavy atom. The molecule has 2 N–H and O–H groups in total. The molecule has 110 valence electrons. The zero-order chi connectivity index (χ0) is 15.5. The Morgan fingerprint density at radius 2 is 1.82 bits per heavy atom. The smallest absolute Gasteiger partial charge is 0.261 e. The van der Waals surface area contributed by atoms with Gasteiger partial charge in [-0.3, -0.25) is 9.59 Å². The van der Waals surface area contributed by atoms with Gasteiger partial charge in [-0.1, -0.05) is 18.2 Å². The summed E-state index contributed by atoms with van der Waals surface area (Å²) in [5.41, 5.74) is 0.964. The van der Waals surface area contributed by atoms with E-state index in [1.165, 1.54) is 0 Å². The predicted molar refractivity (Wildman–Crippen MR) is 85.5 cm³/mol. The first-order chi connectivity index (χ1) is 10.7. The Morgan fingerprint density at radius 1 is 1.09 bits per heavy atom. The molecule has 1 amide bonds. The van der Waals surface area contributed by atoms with E-state index in [1.807, 2.05) is 18.2 Å². The van der Waals surface area contributed by atoms with Crippen molar-refractivity contribution >= 4 is 22.5 Å². The van der Waals surface area contributed by atoms with Crippen LogP contribution in [0, 0.1) is 0 Å². The standard InChI is InChI=1S/C17H14N2O3/c1-22-13-8-6-12(7-9-13)18-16(20)14-10-11-4-2-3-5-15(11)19-17(14)21/h2-10H,1H3,(H,18,20)(H,19,21). The summed E-state index contributed by atoms with van der Waals surface area (Å²) in [6.45, 7) is 0. The lowest BCUT2D eigenvalue weighted by Gasteiger charge is -2.07. The van der Waals surface area contributed by atoms with E-state index in [4.69, 9.17) is 4.74 Å². The first-order valence-electron chi connectivity index (χ1n) is 6.75. The van der Waals surface area contributed by atoms with Crippen molar-refractivity contribution in [3.63, 3.8) is 0 Å². The van der Waals surface area contributed by atoms with Crippen LogP contribution in [0.4, 0.5) is 5.69 Å². The summed E-state index contributed by atoms with van der Waals surface area (Å²) in [5, 5.41) is 3.51. The third kappa shape index (κ3) is 2.69. The number of pyridine rings is 1. The summed E-state index contributed by atoms with van der Waals surface area (Å²) in [4.78, 5) is 27.0. The Hall–Kier alpha value is -3.08. The van der Waals surface area contributed by atoms with Gasteiger partial charge >= 0.3 is 0 Å². The Bertz CT molecular complexity index is 882. The number of anilines is 1. The molecule has 5 nitrogen and oxygen atoms in total. The molecule has 0 unspecified atom stereocenters. The molecule has 0 aliphatic heterocycles. The summed E-state index contributed by atoms with van der Waals surface area (Å²) in [7, 11) is 1.57. The van der Waals surface area contributed by atoms with Crippen LogP contribution in [0.15, 0.2) is 59.4 Å². The molecule has 3 aromatic rings. The van der Waals surface area contributed by atoms with Crippen LogP contribution in [0.3, 0.4) is 0 Å². The molecule has 22 heavy (non-hydrogen) atoms. The van der Waals surface area contributed by atoms with Gasteiger partial charge in [-0.05, 0) is 41.8 Å². The normalized spacial score (nSPS) is 10.4. The van der Waals surface area contributed by atoms with Gasteiger partial charge in [-0.2, -0.15) is 0 Å². The maximum absolute atomic E-state index is 12.3. The van der Waals surface area contributed by atoms with Crippen molar-refractivity contribution < 1.29 is 9.53 Å². The summed E-state index contributed by atoms with van der Waals surface area (Å²) in [5.74, 6) is 0.249. The number of rotatable bonds is 3. The predicted octanol–water partition coefficient (Wildman–Crippen LogP) is 2.79. The minimum absolute atomic E-state index is 0.0783. The molecule has 3 rings (SSSR count). The lowest BCUT2D eigenvalue weighted by molar-refractivity contribution is 0.102. The molecule has 1 aromatic heterocycles. The fraction of sp³-hybridized carbons (Fsp3) is 0.0588. The van der Waals surface area contributed by atoms with Crippen molar-refractivity contribution in [1.82, 2.24) is 4.98 Å². The minimum atomic E-state index is -0.447. The second kappa shape index (κ2) is 5.73. The average molecular weight is 294 g/mol. The second-order valence-corrected chi connectivity index (χ2v) is 4.78. The molecule has 0 spiro atoms. The van der Waals surface area contributed by atoms with E-state index < -0.39 is 11.5 Å². The molecule has 0 radical (unpaired) electrons. The third-order valence-corrected chi connectivity index (χ3v) is 3.35. The number of carbonyl (C=O) groups is 1. The lowest BCUT2D eigenvalue weighted by Crippen LogP contribution is -2.22.